The Hall–Kier alpha value is -2.41. The van der Waals surface area contributed by atoms with Crippen LogP contribution in [0.3, 0.4) is 0 Å². The lowest BCUT2D eigenvalue weighted by Gasteiger charge is -2.35. The summed E-state index contributed by atoms with van der Waals surface area (Å²) < 4.78 is 5.49. The first-order valence-electron chi connectivity index (χ1n) is 12.4. The zero-order valence-electron chi connectivity index (χ0n) is 19.6. The summed E-state index contributed by atoms with van der Waals surface area (Å²) in [5.74, 6) is 1.93. The van der Waals surface area contributed by atoms with Gasteiger partial charge in [0.05, 0.1) is 18.7 Å². The SMILES string of the molecule is CCOc1ccc(-c2nc(CC(=O)N3CCN(C(=O)CCC4CCCCC4)CC3)cs2)cc1. The minimum atomic E-state index is 0.0906. The molecule has 0 atom stereocenters. The molecule has 7 heteroatoms. The number of rotatable bonds is 8. The maximum absolute atomic E-state index is 12.8. The van der Waals surface area contributed by atoms with Crippen LogP contribution < -0.4 is 4.74 Å². The van der Waals surface area contributed by atoms with E-state index in [9.17, 15) is 9.59 Å². The summed E-state index contributed by atoms with van der Waals surface area (Å²) in [6.45, 7) is 5.13. The van der Waals surface area contributed by atoms with Gasteiger partial charge in [0.1, 0.15) is 10.8 Å². The number of piperazine rings is 1. The van der Waals surface area contributed by atoms with Crippen molar-refractivity contribution in [3.05, 3.63) is 35.3 Å². The van der Waals surface area contributed by atoms with Gasteiger partial charge in [-0.05, 0) is 43.5 Å². The van der Waals surface area contributed by atoms with E-state index in [1.807, 2.05) is 46.4 Å². The average molecular weight is 470 g/mol. The van der Waals surface area contributed by atoms with Crippen molar-refractivity contribution in [2.45, 2.75) is 58.3 Å². The molecule has 0 bridgehead atoms. The molecule has 1 aromatic heterocycles. The first kappa shape index (κ1) is 23.7. The van der Waals surface area contributed by atoms with Gasteiger partial charge in [0.2, 0.25) is 11.8 Å². The van der Waals surface area contributed by atoms with Gasteiger partial charge < -0.3 is 14.5 Å². The van der Waals surface area contributed by atoms with Gasteiger partial charge in [-0.1, -0.05) is 32.1 Å². The van der Waals surface area contributed by atoms with Gasteiger partial charge in [-0.2, -0.15) is 0 Å². The van der Waals surface area contributed by atoms with E-state index >= 15 is 0 Å². The van der Waals surface area contributed by atoms with E-state index in [0.717, 1.165) is 34.4 Å². The minimum absolute atomic E-state index is 0.0906. The Balaban J connectivity index is 1.22. The molecule has 2 fully saturated rings. The molecule has 0 N–H and O–H groups in total. The van der Waals surface area contributed by atoms with Crippen LogP contribution in [0, 0.1) is 5.92 Å². The summed E-state index contributed by atoms with van der Waals surface area (Å²) in [4.78, 5) is 33.9. The number of benzene rings is 1. The molecule has 1 saturated heterocycles. The molecule has 33 heavy (non-hydrogen) atoms. The molecule has 0 radical (unpaired) electrons. The largest absolute Gasteiger partial charge is 0.494 e. The van der Waals surface area contributed by atoms with Gasteiger partial charge in [0, 0.05) is 43.5 Å². The van der Waals surface area contributed by atoms with E-state index in [-0.39, 0.29) is 11.8 Å². The zero-order chi connectivity index (χ0) is 23.0. The lowest BCUT2D eigenvalue weighted by Crippen LogP contribution is -2.51. The van der Waals surface area contributed by atoms with Gasteiger partial charge in [-0.25, -0.2) is 4.98 Å². The van der Waals surface area contributed by atoms with E-state index < -0.39 is 0 Å². The molecule has 0 spiro atoms. The maximum atomic E-state index is 12.8. The van der Waals surface area contributed by atoms with Crippen molar-refractivity contribution in [3.8, 4) is 16.3 Å². The molecule has 1 saturated carbocycles. The second kappa shape index (κ2) is 11.6. The fourth-order valence-corrected chi connectivity index (χ4v) is 5.64. The number of hydrogen-bond donors (Lipinski definition) is 0. The first-order chi connectivity index (χ1) is 16.1. The maximum Gasteiger partial charge on any atom is 0.228 e. The third-order valence-corrected chi connectivity index (χ3v) is 7.71. The summed E-state index contributed by atoms with van der Waals surface area (Å²) in [5, 5.41) is 2.88. The molecular weight excluding hydrogens is 434 g/mol. The molecule has 2 aromatic rings. The highest BCUT2D eigenvalue weighted by Crippen LogP contribution is 2.28. The van der Waals surface area contributed by atoms with Crippen LogP contribution in [-0.2, 0) is 16.0 Å². The predicted octanol–water partition coefficient (Wildman–Crippen LogP) is 4.78. The van der Waals surface area contributed by atoms with Crippen molar-refractivity contribution < 1.29 is 14.3 Å². The van der Waals surface area contributed by atoms with Crippen LogP contribution in [0.2, 0.25) is 0 Å². The summed E-state index contributed by atoms with van der Waals surface area (Å²) in [7, 11) is 0. The van der Waals surface area contributed by atoms with Crippen LogP contribution in [0.4, 0.5) is 0 Å². The van der Waals surface area contributed by atoms with Gasteiger partial charge in [0.25, 0.3) is 0 Å². The van der Waals surface area contributed by atoms with E-state index in [4.69, 9.17) is 4.74 Å². The fraction of sp³-hybridized carbons (Fsp3) is 0.577. The van der Waals surface area contributed by atoms with Crippen LogP contribution in [-0.4, -0.2) is 59.4 Å². The smallest absolute Gasteiger partial charge is 0.228 e. The van der Waals surface area contributed by atoms with E-state index in [1.54, 1.807) is 11.3 Å². The Morgan fingerprint density at radius 1 is 1.00 bits per heavy atom. The lowest BCUT2D eigenvalue weighted by atomic mass is 9.86. The van der Waals surface area contributed by atoms with E-state index in [1.165, 1.54) is 32.1 Å². The average Bonchev–Trinajstić information content (AvgIpc) is 3.32. The quantitative estimate of drug-likeness (QED) is 0.558. The number of carbonyl (C=O) groups is 2. The highest BCUT2D eigenvalue weighted by atomic mass is 32.1. The number of thiazole rings is 1. The van der Waals surface area contributed by atoms with Gasteiger partial charge in [0.15, 0.2) is 0 Å². The molecule has 1 aliphatic carbocycles. The molecular formula is C26H35N3O3S. The second-order valence-electron chi connectivity index (χ2n) is 9.08. The zero-order valence-corrected chi connectivity index (χ0v) is 20.4. The number of ether oxygens (including phenoxy) is 1. The second-order valence-corrected chi connectivity index (χ2v) is 9.94. The Bertz CT molecular complexity index is 913. The van der Waals surface area contributed by atoms with Crippen LogP contribution in [0.25, 0.3) is 10.6 Å². The van der Waals surface area contributed by atoms with E-state index in [0.29, 0.717) is 45.6 Å². The van der Waals surface area contributed by atoms with Crippen molar-refractivity contribution in [3.63, 3.8) is 0 Å². The third-order valence-electron chi connectivity index (χ3n) is 6.77. The number of hydrogen-bond acceptors (Lipinski definition) is 5. The monoisotopic (exact) mass is 469 g/mol. The molecule has 1 aliphatic heterocycles. The lowest BCUT2D eigenvalue weighted by molar-refractivity contribution is -0.139. The number of aromatic nitrogens is 1. The van der Waals surface area contributed by atoms with Crippen LogP contribution >= 0.6 is 11.3 Å². The van der Waals surface area contributed by atoms with Crippen molar-refractivity contribution in [1.29, 1.82) is 0 Å². The Labute approximate surface area is 200 Å². The Morgan fingerprint density at radius 3 is 2.33 bits per heavy atom. The topological polar surface area (TPSA) is 62.7 Å². The van der Waals surface area contributed by atoms with Crippen molar-refractivity contribution in [2.24, 2.45) is 5.92 Å². The van der Waals surface area contributed by atoms with Crippen LogP contribution in [0.15, 0.2) is 29.6 Å². The molecule has 2 amide bonds. The minimum Gasteiger partial charge on any atom is -0.494 e. The molecule has 2 heterocycles. The standard InChI is InChI=1S/C26H35N3O3S/c1-2-32-23-11-9-21(10-12-23)26-27-22(19-33-26)18-25(31)29-16-14-28(15-17-29)24(30)13-8-20-6-4-3-5-7-20/h9-12,19-20H,2-8,13-18H2,1H3. The highest BCUT2D eigenvalue weighted by Gasteiger charge is 2.25. The van der Waals surface area contributed by atoms with E-state index in [2.05, 4.69) is 4.98 Å². The van der Waals surface area contributed by atoms with Crippen LogP contribution in [0.5, 0.6) is 5.75 Å². The normalized spacial score (nSPS) is 17.2. The third kappa shape index (κ3) is 6.56. The molecule has 0 unspecified atom stereocenters. The number of amides is 2. The number of carbonyl (C=O) groups excluding carboxylic acids is 2. The summed E-state index contributed by atoms with van der Waals surface area (Å²) >= 11 is 1.56. The molecule has 2 aliphatic rings. The predicted molar refractivity (Wildman–Crippen MR) is 131 cm³/mol. The van der Waals surface area contributed by atoms with Gasteiger partial charge >= 0.3 is 0 Å². The molecule has 1 aromatic carbocycles. The van der Waals surface area contributed by atoms with Gasteiger partial charge in [-0.3, -0.25) is 9.59 Å². The molecule has 178 valence electrons. The van der Waals surface area contributed by atoms with Crippen molar-refractivity contribution >= 4 is 23.2 Å². The fourth-order valence-electron chi connectivity index (χ4n) is 4.81. The van der Waals surface area contributed by atoms with Crippen LogP contribution in [0.1, 0.15) is 57.6 Å². The highest BCUT2D eigenvalue weighted by molar-refractivity contribution is 7.13. The molecule has 6 nitrogen and oxygen atoms in total. The van der Waals surface area contributed by atoms with Crippen molar-refractivity contribution in [2.75, 3.05) is 32.8 Å². The summed E-state index contributed by atoms with van der Waals surface area (Å²) in [6.07, 6.45) is 8.55. The summed E-state index contributed by atoms with van der Waals surface area (Å²) in [6, 6.07) is 7.89. The number of nitrogens with zero attached hydrogens (tertiary/aromatic N) is 3. The Morgan fingerprint density at radius 2 is 1.67 bits per heavy atom. The van der Waals surface area contributed by atoms with Crippen molar-refractivity contribution in [1.82, 2.24) is 14.8 Å². The first-order valence-corrected chi connectivity index (χ1v) is 13.2. The molecule has 4 rings (SSSR count). The summed E-state index contributed by atoms with van der Waals surface area (Å²) in [5.41, 5.74) is 1.84. The Kier molecular flexibility index (Phi) is 8.37. The van der Waals surface area contributed by atoms with Gasteiger partial charge in [-0.15, -0.1) is 11.3 Å².